The first-order valence-corrected chi connectivity index (χ1v) is 12.0. The van der Waals surface area contributed by atoms with E-state index in [1.54, 1.807) is 18.2 Å². The number of carbonyl (C=O) groups excluding carboxylic acids is 1. The summed E-state index contributed by atoms with van der Waals surface area (Å²) in [6, 6.07) is 4.93. The number of nitrogens with zero attached hydrogens (tertiary/aromatic N) is 1. The fourth-order valence-corrected chi connectivity index (χ4v) is 6.88. The third-order valence-electron chi connectivity index (χ3n) is 6.54. The molecule has 1 heterocycles. The molecule has 6 nitrogen and oxygen atoms in total. The van der Waals surface area contributed by atoms with E-state index in [2.05, 4.69) is 5.32 Å². The number of amides is 1. The number of anilines is 1. The zero-order chi connectivity index (χ0) is 19.7. The number of carbonyl (C=O) groups is 1. The van der Waals surface area contributed by atoms with Gasteiger partial charge in [0.15, 0.2) is 0 Å². The summed E-state index contributed by atoms with van der Waals surface area (Å²) in [4.78, 5) is 12.7. The molecule has 0 unspecified atom stereocenters. The third kappa shape index (κ3) is 3.92. The van der Waals surface area contributed by atoms with Gasteiger partial charge in [-0.05, 0) is 75.0 Å². The molecule has 28 heavy (non-hydrogen) atoms. The van der Waals surface area contributed by atoms with E-state index >= 15 is 0 Å². The maximum Gasteiger partial charge on any atom is 0.246 e. The second-order valence-corrected chi connectivity index (χ2v) is 10.3. The molecular formula is C21H30N2O4S. The van der Waals surface area contributed by atoms with Crippen molar-refractivity contribution in [1.29, 1.82) is 0 Å². The predicted octanol–water partition coefficient (Wildman–Crippen LogP) is 3.63. The number of fused-ring (bicyclic) bond motifs is 2. The van der Waals surface area contributed by atoms with Gasteiger partial charge in [0.1, 0.15) is 10.6 Å². The summed E-state index contributed by atoms with van der Waals surface area (Å²) >= 11 is 0. The van der Waals surface area contributed by atoms with E-state index in [-0.39, 0.29) is 10.8 Å². The number of sulfonamides is 1. The molecule has 3 atom stereocenters. The maximum absolute atomic E-state index is 13.1. The molecule has 2 bridgehead atoms. The molecule has 0 aromatic heterocycles. The van der Waals surface area contributed by atoms with Crippen LogP contribution in [0.5, 0.6) is 5.75 Å². The molecule has 1 aromatic carbocycles. The lowest BCUT2D eigenvalue weighted by molar-refractivity contribution is -0.117. The normalized spacial score (nSPS) is 27.2. The second kappa shape index (κ2) is 8.03. The van der Waals surface area contributed by atoms with Gasteiger partial charge in [-0.15, -0.1) is 0 Å². The zero-order valence-electron chi connectivity index (χ0n) is 16.5. The lowest BCUT2D eigenvalue weighted by atomic mass is 9.86. The highest BCUT2D eigenvalue weighted by molar-refractivity contribution is 7.89. The van der Waals surface area contributed by atoms with Crippen LogP contribution < -0.4 is 10.1 Å². The van der Waals surface area contributed by atoms with E-state index in [9.17, 15) is 13.2 Å². The minimum Gasteiger partial charge on any atom is -0.492 e. The fourth-order valence-electron chi connectivity index (χ4n) is 5.21. The Balaban J connectivity index is 1.50. The number of hydrogen-bond acceptors (Lipinski definition) is 4. The second-order valence-electron chi connectivity index (χ2n) is 8.39. The third-order valence-corrected chi connectivity index (χ3v) is 8.46. The van der Waals surface area contributed by atoms with Gasteiger partial charge in [0.25, 0.3) is 0 Å². The van der Waals surface area contributed by atoms with Crippen molar-refractivity contribution in [2.75, 3.05) is 25.0 Å². The number of hydrogen-bond donors (Lipinski definition) is 1. The van der Waals surface area contributed by atoms with Crippen LogP contribution in [0, 0.1) is 17.8 Å². The van der Waals surface area contributed by atoms with Crippen LogP contribution in [0.25, 0.3) is 0 Å². The first-order valence-electron chi connectivity index (χ1n) is 10.5. The monoisotopic (exact) mass is 406 g/mol. The zero-order valence-corrected chi connectivity index (χ0v) is 17.3. The van der Waals surface area contributed by atoms with Gasteiger partial charge in [-0.3, -0.25) is 4.79 Å². The largest absolute Gasteiger partial charge is 0.492 e. The van der Waals surface area contributed by atoms with Crippen molar-refractivity contribution in [3.8, 4) is 5.75 Å². The molecule has 2 aliphatic carbocycles. The van der Waals surface area contributed by atoms with Crippen molar-refractivity contribution < 1.29 is 17.9 Å². The van der Waals surface area contributed by atoms with Gasteiger partial charge in [0.05, 0.1) is 6.61 Å². The summed E-state index contributed by atoms with van der Waals surface area (Å²) in [5.41, 5.74) is 0.523. The SMILES string of the molecule is CCOc1ccc(NC(=O)C[C@H]2C[C@@H]3CC[C@@H]2C3)cc1S(=O)(=O)N1CCCC1. The summed E-state index contributed by atoms with van der Waals surface area (Å²) in [5, 5.41) is 2.92. The van der Waals surface area contributed by atoms with Crippen molar-refractivity contribution in [2.45, 2.75) is 56.8 Å². The molecule has 3 aliphatic rings. The van der Waals surface area contributed by atoms with Gasteiger partial charge in [0.2, 0.25) is 15.9 Å². The minimum atomic E-state index is -3.62. The van der Waals surface area contributed by atoms with Crippen molar-refractivity contribution in [3.05, 3.63) is 18.2 Å². The molecule has 1 saturated heterocycles. The van der Waals surface area contributed by atoms with E-state index in [1.807, 2.05) is 6.92 Å². The van der Waals surface area contributed by atoms with Crippen molar-refractivity contribution >= 4 is 21.6 Å². The summed E-state index contributed by atoms with van der Waals surface area (Å²) in [6.07, 6.45) is 7.30. The highest BCUT2D eigenvalue weighted by atomic mass is 32.2. The Bertz CT molecular complexity index is 833. The van der Waals surface area contributed by atoms with Crippen LogP contribution in [0.15, 0.2) is 23.1 Å². The van der Waals surface area contributed by atoms with Gasteiger partial charge >= 0.3 is 0 Å². The number of benzene rings is 1. The first kappa shape index (κ1) is 19.7. The van der Waals surface area contributed by atoms with Crippen LogP contribution >= 0.6 is 0 Å². The molecule has 4 rings (SSSR count). The van der Waals surface area contributed by atoms with Crippen LogP contribution in [-0.4, -0.2) is 38.3 Å². The molecule has 1 N–H and O–H groups in total. The van der Waals surface area contributed by atoms with Gasteiger partial charge < -0.3 is 10.1 Å². The van der Waals surface area contributed by atoms with Crippen molar-refractivity contribution in [3.63, 3.8) is 0 Å². The summed E-state index contributed by atoms with van der Waals surface area (Å²) in [7, 11) is -3.62. The average molecular weight is 407 g/mol. The van der Waals surface area contributed by atoms with Crippen LogP contribution in [0.2, 0.25) is 0 Å². The lowest BCUT2D eigenvalue weighted by Crippen LogP contribution is -2.28. The van der Waals surface area contributed by atoms with Gasteiger partial charge in [-0.1, -0.05) is 6.42 Å². The average Bonchev–Trinajstić information content (AvgIpc) is 3.41. The molecule has 0 spiro atoms. The minimum absolute atomic E-state index is 0.0220. The van der Waals surface area contributed by atoms with Crippen molar-refractivity contribution in [2.24, 2.45) is 17.8 Å². The molecular weight excluding hydrogens is 376 g/mol. The van der Waals surface area contributed by atoms with E-state index < -0.39 is 10.0 Å². The summed E-state index contributed by atoms with van der Waals surface area (Å²) in [6.45, 7) is 3.29. The van der Waals surface area contributed by atoms with Crippen LogP contribution in [0.4, 0.5) is 5.69 Å². The van der Waals surface area contributed by atoms with Crippen LogP contribution in [-0.2, 0) is 14.8 Å². The van der Waals surface area contributed by atoms with Gasteiger partial charge in [-0.2, -0.15) is 4.31 Å². The Labute approximate surface area is 167 Å². The summed E-state index contributed by atoms with van der Waals surface area (Å²) in [5.74, 6) is 2.31. The molecule has 1 amide bonds. The van der Waals surface area contributed by atoms with E-state index in [0.29, 0.717) is 49.4 Å². The quantitative estimate of drug-likeness (QED) is 0.750. The Morgan fingerprint density at radius 3 is 2.64 bits per heavy atom. The molecule has 1 aromatic rings. The first-order chi connectivity index (χ1) is 13.5. The number of rotatable bonds is 7. The highest BCUT2D eigenvalue weighted by Gasteiger charge is 2.40. The molecule has 0 radical (unpaired) electrons. The number of ether oxygens (including phenoxy) is 1. The van der Waals surface area contributed by atoms with Gasteiger partial charge in [-0.25, -0.2) is 8.42 Å². The van der Waals surface area contributed by atoms with E-state index in [1.165, 1.54) is 23.6 Å². The van der Waals surface area contributed by atoms with Gasteiger partial charge in [0, 0.05) is 25.2 Å². The van der Waals surface area contributed by atoms with E-state index in [0.717, 1.165) is 25.2 Å². The summed E-state index contributed by atoms with van der Waals surface area (Å²) < 4.78 is 33.2. The van der Waals surface area contributed by atoms with Crippen LogP contribution in [0.3, 0.4) is 0 Å². The molecule has 7 heteroatoms. The van der Waals surface area contributed by atoms with Crippen molar-refractivity contribution in [1.82, 2.24) is 4.31 Å². The Hall–Kier alpha value is -1.60. The number of nitrogens with one attached hydrogen (secondary N) is 1. The maximum atomic E-state index is 13.1. The standard InChI is InChI=1S/C21H30N2O4S/c1-2-27-19-8-7-18(14-20(19)28(25,26)23-9-3-4-10-23)22-21(24)13-17-12-15-5-6-16(17)11-15/h7-8,14-17H,2-6,9-13H2,1H3,(H,22,24)/t15-,16-,17-/m1/s1. The predicted molar refractivity (Wildman–Crippen MR) is 108 cm³/mol. The fraction of sp³-hybridized carbons (Fsp3) is 0.667. The Morgan fingerprint density at radius 1 is 1.21 bits per heavy atom. The smallest absolute Gasteiger partial charge is 0.246 e. The topological polar surface area (TPSA) is 75.7 Å². The van der Waals surface area contributed by atoms with E-state index in [4.69, 9.17) is 4.74 Å². The highest BCUT2D eigenvalue weighted by Crippen LogP contribution is 2.49. The molecule has 2 saturated carbocycles. The Kier molecular flexibility index (Phi) is 5.65. The Morgan fingerprint density at radius 2 is 2.00 bits per heavy atom. The molecule has 154 valence electrons. The molecule has 3 fully saturated rings. The van der Waals surface area contributed by atoms with Crippen LogP contribution in [0.1, 0.15) is 51.9 Å². The lowest BCUT2D eigenvalue weighted by Gasteiger charge is -2.21. The molecule has 1 aliphatic heterocycles.